The van der Waals surface area contributed by atoms with Gasteiger partial charge in [-0.3, -0.25) is 4.79 Å². The van der Waals surface area contributed by atoms with Gasteiger partial charge in [0, 0.05) is 31.2 Å². The van der Waals surface area contributed by atoms with E-state index in [9.17, 15) is 24.2 Å². The molecule has 0 amide bonds. The molecule has 142 valence electrons. The molecule has 0 unspecified atom stereocenters. The largest absolute Gasteiger partial charge is 0.477 e. The minimum Gasteiger partial charge on any atom is -0.477 e. The van der Waals surface area contributed by atoms with E-state index in [1.807, 2.05) is 4.90 Å². The van der Waals surface area contributed by atoms with Crippen LogP contribution in [0.5, 0.6) is 0 Å². The molecule has 8 heteroatoms. The van der Waals surface area contributed by atoms with Crippen LogP contribution < -0.4 is 10.3 Å². The number of aliphatic hydroxyl groups excluding tert-OH is 1. The minimum atomic E-state index is -1.32. The van der Waals surface area contributed by atoms with E-state index in [0.29, 0.717) is 25.2 Å². The summed E-state index contributed by atoms with van der Waals surface area (Å²) in [5.41, 5.74) is -0.797. The van der Waals surface area contributed by atoms with Crippen molar-refractivity contribution < 1.29 is 19.4 Å². The molecule has 2 N–H and O–H groups in total. The highest BCUT2D eigenvalue weighted by atomic mass is 19.1. The van der Waals surface area contributed by atoms with Gasteiger partial charge in [-0.15, -0.1) is 0 Å². The summed E-state index contributed by atoms with van der Waals surface area (Å²) in [6, 6.07) is 1.20. The SMILES string of the molecule is C[C@]12C[C@H](O)[C@@H]1CN(c1nc3c(cc1F)c(=O)c(C(=O)O)cn3C1CC1)C2. The number of carbonyl (C=O) groups is 1. The average Bonchev–Trinajstić information content (AvgIpc) is 3.39. The predicted octanol–water partition coefficient (Wildman–Crippen LogP) is 1.78. The fraction of sp³-hybridized carbons (Fsp3) is 0.526. The molecule has 3 heterocycles. The van der Waals surface area contributed by atoms with Crippen molar-refractivity contribution in [2.75, 3.05) is 18.0 Å². The molecular weight excluding hydrogens is 353 g/mol. The van der Waals surface area contributed by atoms with Crippen molar-refractivity contribution in [1.29, 1.82) is 0 Å². The van der Waals surface area contributed by atoms with Crippen LogP contribution in [0.2, 0.25) is 0 Å². The number of nitrogens with zero attached hydrogens (tertiary/aromatic N) is 3. The molecular formula is C19H20FN3O4. The second-order valence-electron chi connectivity index (χ2n) is 8.39. The predicted molar refractivity (Wildman–Crippen MR) is 95.6 cm³/mol. The van der Waals surface area contributed by atoms with Crippen molar-refractivity contribution in [1.82, 2.24) is 9.55 Å². The summed E-state index contributed by atoms with van der Waals surface area (Å²) in [5.74, 6) is -1.70. The molecule has 27 heavy (non-hydrogen) atoms. The number of hydrogen-bond acceptors (Lipinski definition) is 5. The van der Waals surface area contributed by atoms with Gasteiger partial charge in [-0.25, -0.2) is 14.2 Å². The van der Waals surface area contributed by atoms with Crippen molar-refractivity contribution >= 4 is 22.8 Å². The van der Waals surface area contributed by atoms with Crippen molar-refractivity contribution in [3.05, 3.63) is 33.9 Å². The van der Waals surface area contributed by atoms with Crippen LogP contribution in [0.15, 0.2) is 17.1 Å². The highest BCUT2D eigenvalue weighted by Crippen LogP contribution is 2.52. The maximum atomic E-state index is 14.9. The fourth-order valence-electron chi connectivity index (χ4n) is 4.74. The van der Waals surface area contributed by atoms with Gasteiger partial charge in [0.25, 0.3) is 0 Å². The molecule has 5 rings (SSSR count). The Kier molecular flexibility index (Phi) is 3.26. The maximum Gasteiger partial charge on any atom is 0.341 e. The molecule has 3 fully saturated rings. The molecule has 0 spiro atoms. The van der Waals surface area contributed by atoms with Crippen molar-refractivity contribution in [2.24, 2.45) is 11.3 Å². The van der Waals surface area contributed by atoms with E-state index in [1.54, 1.807) is 4.57 Å². The van der Waals surface area contributed by atoms with E-state index in [2.05, 4.69) is 11.9 Å². The molecule has 2 aliphatic carbocycles. The van der Waals surface area contributed by atoms with Crippen LogP contribution in [0.4, 0.5) is 10.2 Å². The monoisotopic (exact) mass is 373 g/mol. The van der Waals surface area contributed by atoms with E-state index < -0.39 is 17.2 Å². The molecule has 7 nitrogen and oxygen atoms in total. The minimum absolute atomic E-state index is 0.00327. The van der Waals surface area contributed by atoms with E-state index in [0.717, 1.165) is 18.9 Å². The lowest BCUT2D eigenvalue weighted by Crippen LogP contribution is -2.48. The summed E-state index contributed by atoms with van der Waals surface area (Å²) < 4.78 is 16.6. The van der Waals surface area contributed by atoms with Crippen LogP contribution in [0, 0.1) is 17.2 Å². The summed E-state index contributed by atoms with van der Waals surface area (Å²) in [6.45, 7) is 3.21. The van der Waals surface area contributed by atoms with Crippen molar-refractivity contribution in [3.8, 4) is 0 Å². The Morgan fingerprint density at radius 1 is 1.41 bits per heavy atom. The van der Waals surface area contributed by atoms with Crippen molar-refractivity contribution in [2.45, 2.75) is 38.3 Å². The third-order valence-electron chi connectivity index (χ3n) is 6.41. The number of carboxylic acids is 1. The molecule has 0 radical (unpaired) electrons. The maximum absolute atomic E-state index is 14.9. The summed E-state index contributed by atoms with van der Waals surface area (Å²) >= 11 is 0. The van der Waals surface area contributed by atoms with Gasteiger partial charge < -0.3 is 19.7 Å². The average molecular weight is 373 g/mol. The zero-order valence-corrected chi connectivity index (χ0v) is 14.9. The molecule has 2 aromatic rings. The van der Waals surface area contributed by atoms with Crippen LogP contribution in [0.1, 0.15) is 42.6 Å². The van der Waals surface area contributed by atoms with E-state index >= 15 is 0 Å². The van der Waals surface area contributed by atoms with Crippen LogP contribution >= 0.6 is 0 Å². The van der Waals surface area contributed by atoms with Gasteiger partial charge in [-0.05, 0) is 30.7 Å². The van der Waals surface area contributed by atoms with Gasteiger partial charge in [0.05, 0.1) is 11.5 Å². The number of aromatic nitrogens is 2. The molecule has 0 bridgehead atoms. The Labute approximate surface area is 154 Å². The first-order chi connectivity index (χ1) is 12.8. The van der Waals surface area contributed by atoms with E-state index in [1.165, 1.54) is 6.20 Å². The van der Waals surface area contributed by atoms with Crippen LogP contribution in [0.3, 0.4) is 0 Å². The fourth-order valence-corrected chi connectivity index (χ4v) is 4.74. The van der Waals surface area contributed by atoms with Gasteiger partial charge in [0.1, 0.15) is 11.2 Å². The summed E-state index contributed by atoms with van der Waals surface area (Å²) in [4.78, 5) is 30.2. The number of hydrogen-bond donors (Lipinski definition) is 2. The molecule has 3 aliphatic rings. The Bertz CT molecular complexity index is 1050. The van der Waals surface area contributed by atoms with E-state index in [-0.39, 0.29) is 40.2 Å². The molecule has 3 atom stereocenters. The Morgan fingerprint density at radius 2 is 2.15 bits per heavy atom. The van der Waals surface area contributed by atoms with Gasteiger partial charge in [-0.2, -0.15) is 0 Å². The molecule has 1 saturated heterocycles. The quantitative estimate of drug-likeness (QED) is 0.851. The lowest BCUT2D eigenvalue weighted by atomic mass is 9.61. The smallest absolute Gasteiger partial charge is 0.341 e. The van der Waals surface area contributed by atoms with E-state index in [4.69, 9.17) is 0 Å². The topological polar surface area (TPSA) is 95.7 Å². The first kappa shape index (κ1) is 16.7. The number of pyridine rings is 2. The number of carboxylic acid groups (broad SMARTS) is 1. The number of fused-ring (bicyclic) bond motifs is 2. The van der Waals surface area contributed by atoms with Gasteiger partial charge in [0.15, 0.2) is 11.6 Å². The standard InChI is InChI=1S/C19H20FN3O4/c1-19-5-14(24)12(19)7-22(8-19)17-13(20)4-10-15(25)11(18(26)27)6-23(9-2-3-9)16(10)21-17/h4,6,9,12,14,24H,2-3,5,7-8H2,1H3,(H,26,27)/t12-,14-,19+/m0/s1. The van der Waals surface area contributed by atoms with Crippen LogP contribution in [-0.4, -0.2) is 44.9 Å². The Morgan fingerprint density at radius 3 is 2.74 bits per heavy atom. The Hall–Kier alpha value is -2.48. The number of rotatable bonds is 3. The lowest BCUT2D eigenvalue weighted by Gasteiger charge is -2.45. The zero-order valence-electron chi connectivity index (χ0n) is 14.9. The van der Waals surface area contributed by atoms with Crippen LogP contribution in [-0.2, 0) is 0 Å². The first-order valence-electron chi connectivity index (χ1n) is 9.20. The second-order valence-corrected chi connectivity index (χ2v) is 8.39. The van der Waals surface area contributed by atoms with Crippen molar-refractivity contribution in [3.63, 3.8) is 0 Å². The first-order valence-corrected chi connectivity index (χ1v) is 9.20. The Balaban J connectivity index is 1.67. The van der Waals surface area contributed by atoms with Gasteiger partial charge in [-0.1, -0.05) is 6.92 Å². The summed E-state index contributed by atoms with van der Waals surface area (Å²) in [6.07, 6.45) is 3.41. The number of anilines is 1. The third kappa shape index (κ3) is 2.32. The highest BCUT2D eigenvalue weighted by molar-refractivity contribution is 5.92. The normalized spacial score (nSPS) is 29.7. The third-order valence-corrected chi connectivity index (χ3v) is 6.41. The molecule has 2 aromatic heterocycles. The van der Waals surface area contributed by atoms with Gasteiger partial charge in [0.2, 0.25) is 5.43 Å². The molecule has 0 aromatic carbocycles. The van der Waals surface area contributed by atoms with Gasteiger partial charge >= 0.3 is 5.97 Å². The number of halogens is 1. The lowest BCUT2D eigenvalue weighted by molar-refractivity contribution is -0.0638. The molecule has 2 saturated carbocycles. The number of aliphatic hydroxyl groups is 1. The summed E-state index contributed by atoms with van der Waals surface area (Å²) in [5, 5.41) is 19.3. The summed E-state index contributed by atoms with van der Waals surface area (Å²) in [7, 11) is 0. The zero-order chi connectivity index (χ0) is 19.1. The highest BCUT2D eigenvalue weighted by Gasteiger charge is 2.56. The second kappa shape index (κ2) is 5.28. The van der Waals surface area contributed by atoms with Crippen LogP contribution in [0.25, 0.3) is 11.0 Å². The molecule has 1 aliphatic heterocycles. The number of aromatic carboxylic acids is 1.